The Morgan fingerprint density at radius 1 is 1.07 bits per heavy atom. The number of nitrogens with two attached hydrogens (primary N) is 1. The van der Waals surface area contributed by atoms with Crippen molar-refractivity contribution in [3.05, 3.63) is 48.3 Å². The Morgan fingerprint density at radius 3 is 2.67 bits per heavy atom. The average Bonchev–Trinajstić information content (AvgIpc) is 2.31. The van der Waals surface area contributed by atoms with Crippen molar-refractivity contribution >= 4 is 11.8 Å². The lowest BCUT2D eigenvalue weighted by molar-refractivity contribution is 0.940. The quantitative estimate of drug-likeness (QED) is 0.855. The van der Waals surface area contributed by atoms with E-state index in [1.807, 2.05) is 36.4 Å². The van der Waals surface area contributed by atoms with E-state index in [-0.39, 0.29) is 0 Å². The molecule has 0 bridgehead atoms. The first-order chi connectivity index (χ1) is 7.38. The van der Waals surface area contributed by atoms with Crippen molar-refractivity contribution in [1.29, 1.82) is 0 Å². The first-order valence-corrected chi connectivity index (χ1v) is 5.45. The fraction of sp³-hybridized carbons (Fsp3) is 0.0909. The van der Waals surface area contributed by atoms with Gasteiger partial charge in [-0.1, -0.05) is 23.9 Å². The highest BCUT2D eigenvalue weighted by atomic mass is 32.2. The molecule has 0 fully saturated rings. The third-order valence-corrected chi connectivity index (χ3v) is 2.72. The second-order valence-corrected chi connectivity index (χ2v) is 3.98. The van der Waals surface area contributed by atoms with Crippen molar-refractivity contribution in [3.63, 3.8) is 0 Å². The zero-order valence-corrected chi connectivity index (χ0v) is 8.95. The molecule has 2 aromatic heterocycles. The molecule has 2 N–H and O–H groups in total. The van der Waals surface area contributed by atoms with Crippen LogP contribution in [0.2, 0.25) is 0 Å². The van der Waals surface area contributed by atoms with E-state index in [0.717, 1.165) is 15.7 Å². The van der Waals surface area contributed by atoms with Gasteiger partial charge in [-0.3, -0.25) is 0 Å². The highest BCUT2D eigenvalue weighted by Gasteiger charge is 1.99. The van der Waals surface area contributed by atoms with Crippen molar-refractivity contribution in [2.75, 3.05) is 0 Å². The first kappa shape index (κ1) is 10.1. The molecule has 0 spiro atoms. The van der Waals surface area contributed by atoms with E-state index in [0.29, 0.717) is 6.54 Å². The molecule has 0 aliphatic carbocycles. The Kier molecular flexibility index (Phi) is 3.32. The molecule has 2 aromatic rings. The second-order valence-electron chi connectivity index (χ2n) is 2.94. The van der Waals surface area contributed by atoms with Gasteiger partial charge in [0.1, 0.15) is 10.1 Å². The summed E-state index contributed by atoms with van der Waals surface area (Å²) >= 11 is 1.54. The van der Waals surface area contributed by atoms with Crippen LogP contribution < -0.4 is 5.73 Å². The summed E-state index contributed by atoms with van der Waals surface area (Å²) in [4.78, 5) is 8.61. The maximum absolute atomic E-state index is 5.52. The molecule has 0 atom stereocenters. The molecule has 0 amide bonds. The molecule has 0 unspecified atom stereocenters. The predicted octanol–water partition coefficient (Wildman–Crippen LogP) is 2.09. The highest BCUT2D eigenvalue weighted by Crippen LogP contribution is 2.23. The number of nitrogens with zero attached hydrogens (tertiary/aromatic N) is 2. The molecule has 0 saturated carbocycles. The molecule has 2 rings (SSSR count). The van der Waals surface area contributed by atoms with Crippen molar-refractivity contribution in [2.24, 2.45) is 5.73 Å². The molecule has 15 heavy (non-hydrogen) atoms. The van der Waals surface area contributed by atoms with E-state index in [9.17, 15) is 0 Å². The maximum Gasteiger partial charge on any atom is 0.103 e. The molecule has 0 aliphatic rings. The summed E-state index contributed by atoms with van der Waals surface area (Å²) in [5.41, 5.74) is 6.42. The lowest BCUT2D eigenvalue weighted by Crippen LogP contribution is -1.99. The van der Waals surface area contributed by atoms with Crippen molar-refractivity contribution in [2.45, 2.75) is 16.6 Å². The van der Waals surface area contributed by atoms with Gasteiger partial charge in [0.25, 0.3) is 0 Å². The number of hydrogen-bond acceptors (Lipinski definition) is 4. The summed E-state index contributed by atoms with van der Waals surface area (Å²) in [5, 5.41) is 1.87. The topological polar surface area (TPSA) is 51.8 Å². The first-order valence-electron chi connectivity index (χ1n) is 4.63. The van der Waals surface area contributed by atoms with Gasteiger partial charge in [0.05, 0.1) is 5.69 Å². The van der Waals surface area contributed by atoms with E-state index >= 15 is 0 Å². The van der Waals surface area contributed by atoms with Crippen LogP contribution in [0.15, 0.2) is 52.6 Å². The van der Waals surface area contributed by atoms with Gasteiger partial charge < -0.3 is 5.73 Å². The molecule has 0 aliphatic heterocycles. The van der Waals surface area contributed by atoms with Gasteiger partial charge in [-0.2, -0.15) is 0 Å². The lowest BCUT2D eigenvalue weighted by Gasteiger charge is -2.01. The van der Waals surface area contributed by atoms with Crippen molar-refractivity contribution in [3.8, 4) is 0 Å². The summed E-state index contributed by atoms with van der Waals surface area (Å²) in [5.74, 6) is 0. The minimum absolute atomic E-state index is 0.469. The van der Waals surface area contributed by atoms with Gasteiger partial charge in [0.15, 0.2) is 0 Å². The number of pyridine rings is 2. The minimum atomic E-state index is 0.469. The molecule has 4 heteroatoms. The van der Waals surface area contributed by atoms with Crippen LogP contribution in [-0.4, -0.2) is 9.97 Å². The number of aromatic nitrogens is 2. The van der Waals surface area contributed by atoms with Crippen LogP contribution in [0.4, 0.5) is 0 Å². The van der Waals surface area contributed by atoms with Gasteiger partial charge in [-0.25, -0.2) is 9.97 Å². The largest absolute Gasteiger partial charge is 0.325 e. The summed E-state index contributed by atoms with van der Waals surface area (Å²) < 4.78 is 0. The van der Waals surface area contributed by atoms with E-state index in [1.165, 1.54) is 11.8 Å². The van der Waals surface area contributed by atoms with Crippen LogP contribution in [0.5, 0.6) is 0 Å². The Labute approximate surface area is 92.8 Å². The van der Waals surface area contributed by atoms with E-state index < -0.39 is 0 Å². The Hall–Kier alpha value is -1.39. The monoisotopic (exact) mass is 217 g/mol. The molecule has 0 radical (unpaired) electrons. The van der Waals surface area contributed by atoms with Crippen LogP contribution in [0.25, 0.3) is 0 Å². The minimum Gasteiger partial charge on any atom is -0.325 e. The molecular weight excluding hydrogens is 206 g/mol. The van der Waals surface area contributed by atoms with Crippen molar-refractivity contribution < 1.29 is 0 Å². The Balaban J connectivity index is 2.17. The van der Waals surface area contributed by atoms with Gasteiger partial charge in [0, 0.05) is 12.7 Å². The van der Waals surface area contributed by atoms with Crippen LogP contribution in [0, 0.1) is 0 Å². The summed E-state index contributed by atoms with van der Waals surface area (Å²) in [6, 6.07) is 11.7. The fourth-order valence-electron chi connectivity index (χ4n) is 1.14. The average molecular weight is 217 g/mol. The normalized spacial score (nSPS) is 10.2. The maximum atomic E-state index is 5.52. The van der Waals surface area contributed by atoms with Crippen LogP contribution in [0.3, 0.4) is 0 Å². The third-order valence-electron chi connectivity index (χ3n) is 1.84. The van der Waals surface area contributed by atoms with Crippen LogP contribution in [0.1, 0.15) is 5.69 Å². The SMILES string of the molecule is NCc1cccc(Sc2ccccn2)n1. The van der Waals surface area contributed by atoms with Crippen LogP contribution in [-0.2, 0) is 6.54 Å². The van der Waals surface area contributed by atoms with E-state index in [2.05, 4.69) is 9.97 Å². The zero-order valence-electron chi connectivity index (χ0n) is 8.13. The summed E-state index contributed by atoms with van der Waals surface area (Å²) in [6.07, 6.45) is 1.77. The van der Waals surface area contributed by atoms with Gasteiger partial charge in [-0.05, 0) is 24.3 Å². The van der Waals surface area contributed by atoms with E-state index in [4.69, 9.17) is 5.73 Å². The second kappa shape index (κ2) is 4.91. The summed E-state index contributed by atoms with van der Waals surface area (Å²) in [7, 11) is 0. The third kappa shape index (κ3) is 2.78. The summed E-state index contributed by atoms with van der Waals surface area (Å²) in [6.45, 7) is 0.469. The zero-order chi connectivity index (χ0) is 10.5. The van der Waals surface area contributed by atoms with Gasteiger partial charge in [0.2, 0.25) is 0 Å². The number of rotatable bonds is 3. The van der Waals surface area contributed by atoms with Gasteiger partial charge >= 0.3 is 0 Å². The lowest BCUT2D eigenvalue weighted by atomic mass is 10.4. The molecule has 0 saturated heterocycles. The van der Waals surface area contributed by atoms with E-state index in [1.54, 1.807) is 6.20 Å². The number of hydrogen-bond donors (Lipinski definition) is 1. The Morgan fingerprint density at radius 2 is 1.93 bits per heavy atom. The van der Waals surface area contributed by atoms with Crippen molar-refractivity contribution in [1.82, 2.24) is 9.97 Å². The predicted molar refractivity (Wildman–Crippen MR) is 60.5 cm³/mol. The molecule has 76 valence electrons. The Bertz CT molecular complexity index is 431. The molecule has 3 nitrogen and oxygen atoms in total. The smallest absolute Gasteiger partial charge is 0.103 e. The highest BCUT2D eigenvalue weighted by molar-refractivity contribution is 7.99. The molecule has 0 aromatic carbocycles. The standard InChI is InChI=1S/C11H11N3S/c12-8-9-4-3-6-11(14-9)15-10-5-1-2-7-13-10/h1-7H,8,12H2. The van der Waals surface area contributed by atoms with Crippen LogP contribution >= 0.6 is 11.8 Å². The fourth-order valence-corrected chi connectivity index (χ4v) is 1.93. The molecule has 2 heterocycles. The molecular formula is C11H11N3S. The van der Waals surface area contributed by atoms with Gasteiger partial charge in [-0.15, -0.1) is 0 Å².